The monoisotopic (exact) mass is 345 g/mol. The van der Waals surface area contributed by atoms with Gasteiger partial charge >= 0.3 is 0 Å². The zero-order valence-corrected chi connectivity index (χ0v) is 14.7. The molecule has 3 aliphatic rings. The van der Waals surface area contributed by atoms with Gasteiger partial charge in [-0.3, -0.25) is 9.69 Å². The highest BCUT2D eigenvalue weighted by Gasteiger charge is 2.46. The predicted molar refractivity (Wildman–Crippen MR) is 93.9 cm³/mol. The van der Waals surface area contributed by atoms with Crippen molar-refractivity contribution in [2.45, 2.75) is 50.2 Å². The van der Waals surface area contributed by atoms with Gasteiger partial charge in [0.05, 0.1) is 25.8 Å². The minimum Gasteiger partial charge on any atom is -0.351 e. The lowest BCUT2D eigenvalue weighted by Gasteiger charge is -2.21. The Kier molecular flexibility index (Phi) is 4.78. The topological polar surface area (TPSA) is 62.8 Å². The molecule has 1 aromatic rings. The molecule has 0 saturated carbocycles. The van der Waals surface area contributed by atoms with Crippen molar-refractivity contribution in [2.75, 3.05) is 26.3 Å². The summed E-state index contributed by atoms with van der Waals surface area (Å²) in [5.74, 6) is -0.514. The molecule has 0 aliphatic carbocycles. The Hall–Kier alpha value is -1.47. The molecule has 1 aromatic carbocycles. The van der Waals surface area contributed by atoms with Gasteiger partial charge in [-0.2, -0.15) is 0 Å². The molecular weight excluding hydrogens is 318 g/mol. The van der Waals surface area contributed by atoms with Crippen LogP contribution < -0.4 is 10.6 Å². The van der Waals surface area contributed by atoms with Crippen molar-refractivity contribution in [2.24, 2.45) is 0 Å². The van der Waals surface area contributed by atoms with Crippen LogP contribution in [0.15, 0.2) is 30.3 Å². The van der Waals surface area contributed by atoms with Crippen LogP contribution in [-0.4, -0.2) is 61.0 Å². The van der Waals surface area contributed by atoms with Crippen molar-refractivity contribution in [3.8, 4) is 0 Å². The van der Waals surface area contributed by atoms with E-state index in [0.717, 1.165) is 19.5 Å². The fourth-order valence-corrected chi connectivity index (χ4v) is 4.18. The second kappa shape index (κ2) is 7.03. The maximum atomic E-state index is 12.6. The number of carbonyl (C=O) groups is 1. The lowest BCUT2D eigenvalue weighted by Crippen LogP contribution is -2.46. The number of amides is 1. The van der Waals surface area contributed by atoms with E-state index < -0.39 is 5.79 Å². The molecule has 3 aliphatic heterocycles. The normalized spacial score (nSPS) is 31.6. The Morgan fingerprint density at radius 3 is 2.84 bits per heavy atom. The Balaban J connectivity index is 1.29. The maximum Gasteiger partial charge on any atom is 0.237 e. The van der Waals surface area contributed by atoms with Gasteiger partial charge in [0, 0.05) is 31.6 Å². The molecule has 6 heteroatoms. The molecule has 3 fully saturated rings. The molecule has 0 bridgehead atoms. The molecule has 4 rings (SSSR count). The number of hydrogen-bond donors (Lipinski definition) is 2. The van der Waals surface area contributed by atoms with E-state index in [9.17, 15) is 4.79 Å². The van der Waals surface area contributed by atoms with Crippen LogP contribution in [0.4, 0.5) is 0 Å². The van der Waals surface area contributed by atoms with Crippen LogP contribution in [0.25, 0.3) is 0 Å². The van der Waals surface area contributed by atoms with E-state index in [1.54, 1.807) is 0 Å². The van der Waals surface area contributed by atoms with Gasteiger partial charge in [0.2, 0.25) is 5.91 Å². The number of carbonyl (C=O) groups excluding carboxylic acids is 1. The van der Waals surface area contributed by atoms with Gasteiger partial charge in [-0.25, -0.2) is 0 Å². The van der Waals surface area contributed by atoms with Gasteiger partial charge in [-0.05, 0) is 18.9 Å². The van der Waals surface area contributed by atoms with Crippen molar-refractivity contribution in [3.05, 3.63) is 35.9 Å². The maximum absolute atomic E-state index is 12.6. The highest BCUT2D eigenvalue weighted by atomic mass is 16.7. The van der Waals surface area contributed by atoms with Gasteiger partial charge in [-0.1, -0.05) is 30.3 Å². The number of nitrogens with one attached hydrogen (secondary N) is 2. The summed E-state index contributed by atoms with van der Waals surface area (Å²) in [6.45, 7) is 5.88. The molecule has 25 heavy (non-hydrogen) atoms. The summed E-state index contributed by atoms with van der Waals surface area (Å²) in [4.78, 5) is 15.0. The number of nitrogens with zero attached hydrogens (tertiary/aromatic N) is 1. The fourth-order valence-electron chi connectivity index (χ4n) is 4.18. The lowest BCUT2D eigenvalue weighted by molar-refractivity contribution is -0.144. The van der Waals surface area contributed by atoms with Crippen LogP contribution in [-0.2, 0) is 20.8 Å². The molecule has 136 valence electrons. The third-order valence-electron chi connectivity index (χ3n) is 5.54. The molecule has 2 N–H and O–H groups in total. The van der Waals surface area contributed by atoms with E-state index in [0.29, 0.717) is 32.2 Å². The minimum absolute atomic E-state index is 0.0646. The Labute approximate surface area is 148 Å². The van der Waals surface area contributed by atoms with Crippen molar-refractivity contribution >= 4 is 5.91 Å². The largest absolute Gasteiger partial charge is 0.351 e. The summed E-state index contributed by atoms with van der Waals surface area (Å²) in [6, 6.07) is 10.9. The van der Waals surface area contributed by atoms with E-state index in [-0.39, 0.29) is 18.0 Å². The zero-order valence-electron chi connectivity index (χ0n) is 14.7. The molecule has 3 heterocycles. The molecule has 6 nitrogen and oxygen atoms in total. The fraction of sp³-hybridized carbons (Fsp3) is 0.632. The molecule has 3 atom stereocenters. The van der Waals surface area contributed by atoms with E-state index in [4.69, 9.17) is 9.47 Å². The van der Waals surface area contributed by atoms with Gasteiger partial charge in [-0.15, -0.1) is 0 Å². The third kappa shape index (κ3) is 3.72. The van der Waals surface area contributed by atoms with E-state index in [1.807, 2.05) is 6.07 Å². The number of benzene rings is 1. The summed E-state index contributed by atoms with van der Waals surface area (Å²) in [5, 5.41) is 6.47. The standard InChI is InChI=1S/C19H27N3O3/c1-14-9-16(12-22(14)11-15-5-3-2-4-6-15)21-18(23)17-10-19(13-20-17)24-7-8-25-19/h2-6,14,16-17,20H,7-13H2,1H3,(H,21,23)/t14?,16?,17-/m0/s1. The first-order valence-electron chi connectivity index (χ1n) is 9.23. The van der Waals surface area contributed by atoms with E-state index in [2.05, 4.69) is 46.7 Å². The summed E-state index contributed by atoms with van der Waals surface area (Å²) in [7, 11) is 0. The minimum atomic E-state index is -0.579. The number of hydrogen-bond acceptors (Lipinski definition) is 5. The molecule has 0 aromatic heterocycles. The van der Waals surface area contributed by atoms with Crippen LogP contribution in [0.1, 0.15) is 25.3 Å². The van der Waals surface area contributed by atoms with Crippen LogP contribution in [0, 0.1) is 0 Å². The van der Waals surface area contributed by atoms with Crippen molar-refractivity contribution in [1.29, 1.82) is 0 Å². The predicted octanol–water partition coefficient (Wildman–Crippen LogP) is 0.871. The summed E-state index contributed by atoms with van der Waals surface area (Å²) < 4.78 is 11.4. The van der Waals surface area contributed by atoms with Gasteiger partial charge < -0.3 is 20.1 Å². The van der Waals surface area contributed by atoms with Crippen LogP contribution in [0.2, 0.25) is 0 Å². The Bertz CT molecular complexity index is 603. The van der Waals surface area contributed by atoms with E-state index >= 15 is 0 Å². The third-order valence-corrected chi connectivity index (χ3v) is 5.54. The number of likely N-dealkylation sites (tertiary alicyclic amines) is 1. The highest BCUT2D eigenvalue weighted by Crippen LogP contribution is 2.29. The number of ether oxygens (including phenoxy) is 2. The Morgan fingerprint density at radius 1 is 1.32 bits per heavy atom. The summed E-state index contributed by atoms with van der Waals surface area (Å²) >= 11 is 0. The van der Waals surface area contributed by atoms with Crippen molar-refractivity contribution in [3.63, 3.8) is 0 Å². The molecule has 1 spiro atoms. The smallest absolute Gasteiger partial charge is 0.237 e. The van der Waals surface area contributed by atoms with Gasteiger partial charge in [0.25, 0.3) is 0 Å². The van der Waals surface area contributed by atoms with Crippen molar-refractivity contribution < 1.29 is 14.3 Å². The lowest BCUT2D eigenvalue weighted by atomic mass is 10.1. The van der Waals surface area contributed by atoms with E-state index in [1.165, 1.54) is 5.56 Å². The summed E-state index contributed by atoms with van der Waals surface area (Å²) in [5.41, 5.74) is 1.32. The first kappa shape index (κ1) is 17.0. The van der Waals surface area contributed by atoms with Crippen molar-refractivity contribution in [1.82, 2.24) is 15.5 Å². The molecule has 0 radical (unpaired) electrons. The first-order valence-corrected chi connectivity index (χ1v) is 9.23. The average Bonchev–Trinajstić information content (AvgIpc) is 3.32. The second-order valence-electron chi connectivity index (χ2n) is 7.45. The Morgan fingerprint density at radius 2 is 2.08 bits per heavy atom. The SMILES string of the molecule is CC1CC(NC(=O)[C@@H]2CC3(CN2)OCCO3)CN1Cc1ccccc1. The quantitative estimate of drug-likeness (QED) is 0.848. The first-order chi connectivity index (χ1) is 12.1. The summed E-state index contributed by atoms with van der Waals surface area (Å²) in [6.07, 6.45) is 1.58. The second-order valence-corrected chi connectivity index (χ2v) is 7.45. The molecule has 3 saturated heterocycles. The zero-order chi connectivity index (χ0) is 17.3. The van der Waals surface area contributed by atoms with Gasteiger partial charge in [0.1, 0.15) is 0 Å². The average molecular weight is 345 g/mol. The molecule has 2 unspecified atom stereocenters. The van der Waals surface area contributed by atoms with Crippen LogP contribution in [0.3, 0.4) is 0 Å². The number of rotatable bonds is 4. The van der Waals surface area contributed by atoms with Crippen LogP contribution >= 0.6 is 0 Å². The highest BCUT2D eigenvalue weighted by molar-refractivity contribution is 5.82. The molecular formula is C19H27N3O3. The van der Waals surface area contributed by atoms with Gasteiger partial charge in [0.15, 0.2) is 5.79 Å². The van der Waals surface area contributed by atoms with Crippen LogP contribution in [0.5, 0.6) is 0 Å². The molecule has 1 amide bonds.